The standard InChI is InChI=1S/C18H23N3O3/c1-3-20(4-2)18(23)16-6-5-11-21(16)17(22)13-24-15-9-7-14(12-19)8-10-15/h7-10,16H,3-6,11,13H2,1-2H3/t16-/m1/s1. The monoisotopic (exact) mass is 329 g/mol. The van der Waals surface area contributed by atoms with Crippen LogP contribution in [-0.4, -0.2) is 53.9 Å². The van der Waals surface area contributed by atoms with Gasteiger partial charge in [-0.1, -0.05) is 0 Å². The van der Waals surface area contributed by atoms with E-state index in [0.717, 1.165) is 6.42 Å². The molecule has 0 bridgehead atoms. The van der Waals surface area contributed by atoms with Crippen LogP contribution in [0.2, 0.25) is 0 Å². The first kappa shape index (κ1) is 17.8. The molecule has 1 aromatic carbocycles. The Balaban J connectivity index is 1.95. The molecule has 1 aliphatic rings. The smallest absolute Gasteiger partial charge is 0.261 e. The number of carbonyl (C=O) groups is 2. The third-order valence-corrected chi connectivity index (χ3v) is 4.28. The SMILES string of the molecule is CCN(CC)C(=O)[C@H]1CCCN1C(=O)COc1ccc(C#N)cc1. The number of likely N-dealkylation sites (tertiary alicyclic amines) is 1. The maximum Gasteiger partial charge on any atom is 0.261 e. The van der Waals surface area contributed by atoms with Gasteiger partial charge in [-0.05, 0) is 51.0 Å². The Hall–Kier alpha value is -2.55. The van der Waals surface area contributed by atoms with Gasteiger partial charge in [0, 0.05) is 19.6 Å². The van der Waals surface area contributed by atoms with Gasteiger partial charge in [0.1, 0.15) is 11.8 Å². The summed E-state index contributed by atoms with van der Waals surface area (Å²) in [7, 11) is 0. The van der Waals surface area contributed by atoms with E-state index in [1.54, 1.807) is 34.1 Å². The summed E-state index contributed by atoms with van der Waals surface area (Å²) in [6.07, 6.45) is 1.54. The summed E-state index contributed by atoms with van der Waals surface area (Å²) < 4.78 is 5.50. The van der Waals surface area contributed by atoms with E-state index in [1.807, 2.05) is 19.9 Å². The zero-order chi connectivity index (χ0) is 17.5. The first-order valence-corrected chi connectivity index (χ1v) is 8.31. The van der Waals surface area contributed by atoms with Gasteiger partial charge in [0.15, 0.2) is 6.61 Å². The Morgan fingerprint density at radius 2 is 1.96 bits per heavy atom. The fourth-order valence-corrected chi connectivity index (χ4v) is 2.92. The van der Waals surface area contributed by atoms with Gasteiger partial charge >= 0.3 is 0 Å². The van der Waals surface area contributed by atoms with Gasteiger partial charge in [0.05, 0.1) is 11.6 Å². The lowest BCUT2D eigenvalue weighted by Crippen LogP contribution is -2.48. The fraction of sp³-hybridized carbons (Fsp3) is 0.500. The van der Waals surface area contributed by atoms with Crippen molar-refractivity contribution < 1.29 is 14.3 Å². The zero-order valence-electron chi connectivity index (χ0n) is 14.2. The molecule has 0 spiro atoms. The van der Waals surface area contributed by atoms with Crippen LogP contribution in [0.15, 0.2) is 24.3 Å². The maximum absolute atomic E-state index is 12.5. The number of amides is 2. The van der Waals surface area contributed by atoms with Crippen molar-refractivity contribution in [2.75, 3.05) is 26.2 Å². The molecule has 128 valence electrons. The Kier molecular flexibility index (Phi) is 6.19. The average molecular weight is 329 g/mol. The highest BCUT2D eigenvalue weighted by Crippen LogP contribution is 2.20. The predicted octanol–water partition coefficient (Wildman–Crippen LogP) is 1.80. The minimum absolute atomic E-state index is 0.0178. The Labute approximate surface area is 142 Å². The largest absolute Gasteiger partial charge is 0.484 e. The summed E-state index contributed by atoms with van der Waals surface area (Å²) in [4.78, 5) is 28.4. The van der Waals surface area contributed by atoms with Crippen LogP contribution in [0.1, 0.15) is 32.3 Å². The summed E-state index contributed by atoms with van der Waals surface area (Å²) in [5, 5.41) is 8.77. The van der Waals surface area contributed by atoms with E-state index >= 15 is 0 Å². The zero-order valence-corrected chi connectivity index (χ0v) is 14.2. The number of hydrogen-bond acceptors (Lipinski definition) is 4. The predicted molar refractivity (Wildman–Crippen MR) is 89.3 cm³/mol. The molecule has 1 fully saturated rings. The highest BCUT2D eigenvalue weighted by atomic mass is 16.5. The number of rotatable bonds is 6. The van der Waals surface area contributed by atoms with Gasteiger partial charge in [-0.3, -0.25) is 9.59 Å². The van der Waals surface area contributed by atoms with Crippen molar-refractivity contribution in [1.29, 1.82) is 5.26 Å². The normalized spacial score (nSPS) is 16.5. The summed E-state index contributed by atoms with van der Waals surface area (Å²) in [6.45, 7) is 5.67. The van der Waals surface area contributed by atoms with Crippen molar-refractivity contribution in [2.45, 2.75) is 32.7 Å². The highest BCUT2D eigenvalue weighted by molar-refractivity contribution is 5.88. The molecular formula is C18H23N3O3. The third kappa shape index (κ3) is 4.05. The van der Waals surface area contributed by atoms with Crippen LogP contribution >= 0.6 is 0 Å². The van der Waals surface area contributed by atoms with Crippen LogP contribution in [0, 0.1) is 11.3 Å². The number of benzene rings is 1. The number of carbonyl (C=O) groups excluding carboxylic acids is 2. The molecular weight excluding hydrogens is 306 g/mol. The minimum atomic E-state index is -0.373. The second-order valence-electron chi connectivity index (χ2n) is 5.68. The van der Waals surface area contributed by atoms with E-state index in [2.05, 4.69) is 0 Å². The highest BCUT2D eigenvalue weighted by Gasteiger charge is 2.35. The van der Waals surface area contributed by atoms with E-state index in [9.17, 15) is 9.59 Å². The topological polar surface area (TPSA) is 73.6 Å². The number of nitriles is 1. The van der Waals surface area contributed by atoms with Crippen molar-refractivity contribution >= 4 is 11.8 Å². The van der Waals surface area contributed by atoms with Crippen molar-refractivity contribution in [3.63, 3.8) is 0 Å². The molecule has 6 nitrogen and oxygen atoms in total. The summed E-state index contributed by atoms with van der Waals surface area (Å²) in [5.41, 5.74) is 0.540. The van der Waals surface area contributed by atoms with Gasteiger partial charge in [0.25, 0.3) is 5.91 Å². The molecule has 24 heavy (non-hydrogen) atoms. The Morgan fingerprint density at radius 1 is 1.29 bits per heavy atom. The summed E-state index contributed by atoms with van der Waals surface area (Å²) in [5.74, 6) is 0.375. The van der Waals surface area contributed by atoms with Crippen molar-refractivity contribution in [1.82, 2.24) is 9.80 Å². The van der Waals surface area contributed by atoms with Crippen molar-refractivity contribution in [3.05, 3.63) is 29.8 Å². The van der Waals surface area contributed by atoms with E-state index in [1.165, 1.54) is 0 Å². The minimum Gasteiger partial charge on any atom is -0.484 e. The Bertz CT molecular complexity index is 617. The second-order valence-corrected chi connectivity index (χ2v) is 5.68. The molecule has 0 radical (unpaired) electrons. The van der Waals surface area contributed by atoms with Gasteiger partial charge in [0.2, 0.25) is 5.91 Å². The van der Waals surface area contributed by atoms with Crippen LogP contribution < -0.4 is 4.74 Å². The average Bonchev–Trinajstić information content (AvgIpc) is 3.11. The molecule has 0 aliphatic carbocycles. The molecule has 0 saturated carbocycles. The lowest BCUT2D eigenvalue weighted by molar-refractivity contribution is -0.144. The van der Waals surface area contributed by atoms with E-state index in [0.29, 0.717) is 37.4 Å². The lowest BCUT2D eigenvalue weighted by atomic mass is 10.2. The maximum atomic E-state index is 12.5. The van der Waals surface area contributed by atoms with Crippen LogP contribution in [0.5, 0.6) is 5.75 Å². The molecule has 1 aromatic rings. The van der Waals surface area contributed by atoms with Gasteiger partial charge in [-0.25, -0.2) is 0 Å². The van der Waals surface area contributed by atoms with E-state index in [4.69, 9.17) is 10.00 Å². The Morgan fingerprint density at radius 3 is 2.54 bits per heavy atom. The van der Waals surface area contributed by atoms with Gasteiger partial charge < -0.3 is 14.5 Å². The van der Waals surface area contributed by atoms with E-state index in [-0.39, 0.29) is 24.5 Å². The number of likely N-dealkylation sites (N-methyl/N-ethyl adjacent to an activating group) is 1. The summed E-state index contributed by atoms with van der Waals surface area (Å²) in [6, 6.07) is 8.26. The molecule has 1 saturated heterocycles. The van der Waals surface area contributed by atoms with Crippen LogP contribution in [0.25, 0.3) is 0 Å². The molecule has 2 amide bonds. The number of nitrogens with zero attached hydrogens (tertiary/aromatic N) is 3. The van der Waals surface area contributed by atoms with Crippen molar-refractivity contribution in [3.8, 4) is 11.8 Å². The van der Waals surface area contributed by atoms with Crippen molar-refractivity contribution in [2.24, 2.45) is 0 Å². The molecule has 2 rings (SSSR count). The van der Waals surface area contributed by atoms with Crippen LogP contribution in [0.3, 0.4) is 0 Å². The van der Waals surface area contributed by atoms with E-state index < -0.39 is 0 Å². The van der Waals surface area contributed by atoms with Gasteiger partial charge in [-0.15, -0.1) is 0 Å². The molecule has 6 heteroatoms. The first-order chi connectivity index (χ1) is 11.6. The molecule has 1 aliphatic heterocycles. The van der Waals surface area contributed by atoms with Gasteiger partial charge in [-0.2, -0.15) is 5.26 Å². The third-order valence-electron chi connectivity index (χ3n) is 4.28. The summed E-state index contributed by atoms with van der Waals surface area (Å²) >= 11 is 0. The molecule has 0 unspecified atom stereocenters. The molecule has 1 heterocycles. The number of hydrogen-bond donors (Lipinski definition) is 0. The van der Waals surface area contributed by atoms with Crippen LogP contribution in [0.4, 0.5) is 0 Å². The second kappa shape index (κ2) is 8.34. The molecule has 0 N–H and O–H groups in total. The molecule has 1 atom stereocenters. The first-order valence-electron chi connectivity index (χ1n) is 8.31. The number of ether oxygens (including phenoxy) is 1. The lowest BCUT2D eigenvalue weighted by Gasteiger charge is -2.29. The molecule has 0 aromatic heterocycles. The fourth-order valence-electron chi connectivity index (χ4n) is 2.92. The van der Waals surface area contributed by atoms with Crippen LogP contribution in [-0.2, 0) is 9.59 Å². The quantitative estimate of drug-likeness (QED) is 0.797.